The summed E-state index contributed by atoms with van der Waals surface area (Å²) in [6.45, 7) is 0. The largest absolute Gasteiger partial charge is 0.396 e. The van der Waals surface area contributed by atoms with Crippen LogP contribution in [0.1, 0.15) is 11.3 Å². The molecule has 23 heavy (non-hydrogen) atoms. The molecule has 3 N–H and O–H groups in total. The fourth-order valence-corrected chi connectivity index (χ4v) is 2.16. The molecule has 4 nitrogen and oxygen atoms in total. The second kappa shape index (κ2) is 6.94. The molecule has 0 aliphatic heterocycles. The van der Waals surface area contributed by atoms with Gasteiger partial charge in [-0.25, -0.2) is 4.98 Å². The van der Waals surface area contributed by atoms with Gasteiger partial charge < -0.3 is 11.1 Å². The molecule has 0 bridgehead atoms. The Morgan fingerprint density at radius 3 is 2.70 bits per heavy atom. The van der Waals surface area contributed by atoms with Gasteiger partial charge in [-0.2, -0.15) is 0 Å². The Morgan fingerprint density at radius 1 is 1.00 bits per heavy atom. The summed E-state index contributed by atoms with van der Waals surface area (Å²) >= 11 is 5.83. The zero-order chi connectivity index (χ0) is 16.1. The Morgan fingerprint density at radius 2 is 1.91 bits per heavy atom. The van der Waals surface area contributed by atoms with Crippen molar-refractivity contribution in [3.63, 3.8) is 0 Å². The highest BCUT2D eigenvalue weighted by Gasteiger charge is 2.00. The first-order valence-electron chi connectivity index (χ1n) is 7.08. The van der Waals surface area contributed by atoms with Crippen molar-refractivity contribution >= 4 is 40.9 Å². The molecule has 0 amide bonds. The van der Waals surface area contributed by atoms with Crippen LogP contribution in [0.25, 0.3) is 12.2 Å². The molecule has 0 aliphatic carbocycles. The molecule has 1 aromatic carbocycles. The zero-order valence-corrected chi connectivity index (χ0v) is 13.0. The van der Waals surface area contributed by atoms with Crippen LogP contribution in [0.3, 0.4) is 0 Å². The van der Waals surface area contributed by atoms with Crippen molar-refractivity contribution in [1.82, 2.24) is 9.97 Å². The lowest BCUT2D eigenvalue weighted by Crippen LogP contribution is -1.98. The van der Waals surface area contributed by atoms with Gasteiger partial charge in [0, 0.05) is 18.1 Å². The molecule has 0 saturated carbocycles. The van der Waals surface area contributed by atoms with Crippen LogP contribution in [-0.2, 0) is 0 Å². The maximum Gasteiger partial charge on any atom is 0.153 e. The summed E-state index contributed by atoms with van der Waals surface area (Å²) < 4.78 is 0. The van der Waals surface area contributed by atoms with E-state index in [1.807, 2.05) is 54.6 Å². The first-order chi connectivity index (χ1) is 11.2. The van der Waals surface area contributed by atoms with Crippen LogP contribution >= 0.6 is 11.6 Å². The highest BCUT2D eigenvalue weighted by molar-refractivity contribution is 6.30. The van der Waals surface area contributed by atoms with Crippen molar-refractivity contribution < 1.29 is 0 Å². The SMILES string of the molecule is Nc1cccnc1Nc1cccc(C=Cc2ccc(Cl)cn2)c1. The molecular weight excluding hydrogens is 308 g/mol. The molecular formula is C18H15ClN4. The van der Waals surface area contributed by atoms with Crippen molar-refractivity contribution in [2.75, 3.05) is 11.1 Å². The molecule has 0 unspecified atom stereocenters. The predicted octanol–water partition coefficient (Wildman–Crippen LogP) is 4.63. The Balaban J connectivity index is 1.77. The molecule has 3 rings (SSSR count). The van der Waals surface area contributed by atoms with E-state index >= 15 is 0 Å². The number of benzene rings is 1. The van der Waals surface area contributed by atoms with E-state index in [4.69, 9.17) is 17.3 Å². The second-order valence-corrected chi connectivity index (χ2v) is 5.36. The number of rotatable bonds is 4. The predicted molar refractivity (Wildman–Crippen MR) is 96.5 cm³/mol. The number of nitrogens with two attached hydrogens (primary N) is 1. The van der Waals surface area contributed by atoms with E-state index in [-0.39, 0.29) is 0 Å². The van der Waals surface area contributed by atoms with Gasteiger partial charge in [0.25, 0.3) is 0 Å². The molecule has 0 fully saturated rings. The summed E-state index contributed by atoms with van der Waals surface area (Å²) in [4.78, 5) is 8.46. The molecule has 0 radical (unpaired) electrons. The van der Waals surface area contributed by atoms with Gasteiger partial charge in [-0.3, -0.25) is 4.98 Å². The van der Waals surface area contributed by atoms with E-state index in [0.717, 1.165) is 16.9 Å². The van der Waals surface area contributed by atoms with Crippen molar-refractivity contribution in [2.24, 2.45) is 0 Å². The monoisotopic (exact) mass is 322 g/mol. The van der Waals surface area contributed by atoms with Gasteiger partial charge in [0.15, 0.2) is 5.82 Å². The molecule has 2 heterocycles. The number of hydrogen-bond acceptors (Lipinski definition) is 4. The summed E-state index contributed by atoms with van der Waals surface area (Å²) in [5.74, 6) is 0.646. The number of nitrogen functional groups attached to an aromatic ring is 1. The Labute approximate surface area is 139 Å². The summed E-state index contributed by atoms with van der Waals surface area (Å²) in [6.07, 6.45) is 7.26. The van der Waals surface area contributed by atoms with Crippen LogP contribution in [0.2, 0.25) is 5.02 Å². The van der Waals surface area contributed by atoms with Crippen molar-refractivity contribution in [3.05, 3.63) is 77.2 Å². The van der Waals surface area contributed by atoms with E-state index in [0.29, 0.717) is 16.5 Å². The summed E-state index contributed by atoms with van der Waals surface area (Å²) in [5.41, 5.74) is 9.32. The average Bonchev–Trinajstić information content (AvgIpc) is 2.57. The molecule has 5 heteroatoms. The van der Waals surface area contributed by atoms with Gasteiger partial charge in [0.2, 0.25) is 0 Å². The summed E-state index contributed by atoms with van der Waals surface area (Å²) in [5, 5.41) is 3.84. The van der Waals surface area contributed by atoms with Gasteiger partial charge >= 0.3 is 0 Å². The first kappa shape index (κ1) is 15.1. The van der Waals surface area contributed by atoms with Gasteiger partial charge in [-0.1, -0.05) is 29.8 Å². The summed E-state index contributed by atoms with van der Waals surface area (Å²) in [6, 6.07) is 15.3. The van der Waals surface area contributed by atoms with Gasteiger partial charge in [0.05, 0.1) is 16.4 Å². The van der Waals surface area contributed by atoms with Crippen LogP contribution in [0.15, 0.2) is 60.9 Å². The fourth-order valence-electron chi connectivity index (χ4n) is 2.05. The third kappa shape index (κ3) is 4.08. The van der Waals surface area contributed by atoms with E-state index in [9.17, 15) is 0 Å². The molecule has 2 aromatic heterocycles. The molecule has 114 valence electrons. The van der Waals surface area contributed by atoms with Crippen LogP contribution in [0.4, 0.5) is 17.2 Å². The highest BCUT2D eigenvalue weighted by Crippen LogP contribution is 2.21. The molecule has 0 aliphatic rings. The smallest absolute Gasteiger partial charge is 0.153 e. The van der Waals surface area contributed by atoms with E-state index < -0.39 is 0 Å². The summed E-state index contributed by atoms with van der Waals surface area (Å²) in [7, 11) is 0. The Hall–Kier alpha value is -2.85. The minimum absolute atomic E-state index is 0.610. The number of pyridine rings is 2. The maximum atomic E-state index is 5.90. The van der Waals surface area contributed by atoms with Gasteiger partial charge in [-0.05, 0) is 48.0 Å². The number of anilines is 3. The minimum Gasteiger partial charge on any atom is -0.396 e. The van der Waals surface area contributed by atoms with Gasteiger partial charge in [-0.15, -0.1) is 0 Å². The normalized spacial score (nSPS) is 10.8. The minimum atomic E-state index is 0.610. The third-order valence-corrected chi connectivity index (χ3v) is 3.41. The topological polar surface area (TPSA) is 63.8 Å². The molecule has 0 spiro atoms. The highest BCUT2D eigenvalue weighted by atomic mass is 35.5. The lowest BCUT2D eigenvalue weighted by atomic mass is 10.1. The first-order valence-corrected chi connectivity index (χ1v) is 7.46. The third-order valence-electron chi connectivity index (χ3n) is 3.19. The zero-order valence-electron chi connectivity index (χ0n) is 12.3. The lowest BCUT2D eigenvalue weighted by Gasteiger charge is -2.08. The van der Waals surface area contributed by atoms with E-state index in [1.165, 1.54) is 0 Å². The number of aromatic nitrogens is 2. The van der Waals surface area contributed by atoms with Crippen molar-refractivity contribution in [2.45, 2.75) is 0 Å². The number of nitrogens with zero attached hydrogens (tertiary/aromatic N) is 2. The van der Waals surface area contributed by atoms with Crippen LogP contribution < -0.4 is 11.1 Å². The standard InChI is InChI=1S/C18H15ClN4/c19-14-7-9-15(22-12-14)8-6-13-3-1-4-16(11-13)23-18-17(20)5-2-10-21-18/h1-12H,20H2,(H,21,23). The Bertz CT molecular complexity index is 828. The van der Waals surface area contributed by atoms with Crippen molar-refractivity contribution in [3.8, 4) is 0 Å². The van der Waals surface area contributed by atoms with Crippen LogP contribution in [0.5, 0.6) is 0 Å². The van der Waals surface area contributed by atoms with Crippen LogP contribution in [-0.4, -0.2) is 9.97 Å². The van der Waals surface area contributed by atoms with E-state index in [1.54, 1.807) is 18.5 Å². The van der Waals surface area contributed by atoms with E-state index in [2.05, 4.69) is 15.3 Å². The second-order valence-electron chi connectivity index (χ2n) is 4.93. The molecule has 3 aromatic rings. The quantitative estimate of drug-likeness (QED) is 0.735. The fraction of sp³-hybridized carbons (Fsp3) is 0. The molecule has 0 saturated heterocycles. The number of nitrogens with one attached hydrogen (secondary N) is 1. The number of hydrogen-bond donors (Lipinski definition) is 2. The lowest BCUT2D eigenvalue weighted by molar-refractivity contribution is 1.30. The van der Waals surface area contributed by atoms with Crippen LogP contribution in [0, 0.1) is 0 Å². The van der Waals surface area contributed by atoms with Crippen molar-refractivity contribution in [1.29, 1.82) is 0 Å². The maximum absolute atomic E-state index is 5.90. The van der Waals surface area contributed by atoms with Gasteiger partial charge in [0.1, 0.15) is 0 Å². The average molecular weight is 323 g/mol. The molecule has 0 atom stereocenters. The number of halogens is 1. The Kier molecular flexibility index (Phi) is 4.54.